The zero-order valence-electron chi connectivity index (χ0n) is 11.7. The molecule has 0 saturated heterocycles. The number of hydrogen-bond donors (Lipinski definition) is 1. The van der Waals surface area contributed by atoms with Crippen molar-refractivity contribution in [1.29, 1.82) is 0 Å². The predicted molar refractivity (Wildman–Crippen MR) is 72.0 cm³/mol. The number of alkyl halides is 3. The van der Waals surface area contributed by atoms with Gasteiger partial charge >= 0.3 is 6.18 Å². The Morgan fingerprint density at radius 1 is 1.11 bits per heavy atom. The molecule has 4 heteroatoms. The normalized spacial score (nSPS) is 13.8. The Bertz CT molecular complexity index is 385. The molecule has 0 aliphatic rings. The molecule has 0 amide bonds. The minimum absolute atomic E-state index is 0.322. The molecule has 0 saturated carbocycles. The van der Waals surface area contributed by atoms with Crippen LogP contribution in [0.25, 0.3) is 0 Å². The fraction of sp³-hybridized carbons (Fsp3) is 0.600. The van der Waals surface area contributed by atoms with Gasteiger partial charge in [0.1, 0.15) is 0 Å². The number of rotatable bonds is 6. The molecule has 0 aliphatic heterocycles. The number of benzene rings is 1. The van der Waals surface area contributed by atoms with Crippen LogP contribution in [-0.2, 0) is 12.6 Å². The van der Waals surface area contributed by atoms with E-state index >= 15 is 0 Å². The van der Waals surface area contributed by atoms with Crippen molar-refractivity contribution in [2.45, 2.75) is 33.4 Å². The molecule has 0 spiro atoms. The van der Waals surface area contributed by atoms with Crippen LogP contribution >= 0.6 is 0 Å². The lowest BCUT2D eigenvalue weighted by Gasteiger charge is -2.15. The van der Waals surface area contributed by atoms with E-state index in [0.29, 0.717) is 18.3 Å². The van der Waals surface area contributed by atoms with E-state index in [1.807, 2.05) is 6.92 Å². The molecule has 0 bridgehead atoms. The first-order valence-corrected chi connectivity index (χ1v) is 6.66. The summed E-state index contributed by atoms with van der Waals surface area (Å²) in [5.41, 5.74) is 0.181. The first-order valence-electron chi connectivity index (χ1n) is 6.66. The van der Waals surface area contributed by atoms with Crippen molar-refractivity contribution in [3.8, 4) is 0 Å². The zero-order chi connectivity index (χ0) is 14.5. The summed E-state index contributed by atoms with van der Waals surface area (Å²) >= 11 is 0. The van der Waals surface area contributed by atoms with Crippen molar-refractivity contribution in [3.05, 3.63) is 35.4 Å². The van der Waals surface area contributed by atoms with Crippen molar-refractivity contribution in [2.24, 2.45) is 11.8 Å². The number of nitrogens with one attached hydrogen (secondary N) is 1. The van der Waals surface area contributed by atoms with Gasteiger partial charge < -0.3 is 5.32 Å². The Balaban J connectivity index is 2.52. The summed E-state index contributed by atoms with van der Waals surface area (Å²) in [6.07, 6.45) is -3.59. The average molecular weight is 273 g/mol. The molecule has 0 heterocycles. The van der Waals surface area contributed by atoms with Gasteiger partial charge in [0.15, 0.2) is 0 Å². The SMILES string of the molecule is CC(C)CNCC(C)Cc1cccc(C(F)(F)F)c1. The zero-order valence-corrected chi connectivity index (χ0v) is 11.7. The lowest BCUT2D eigenvalue weighted by molar-refractivity contribution is -0.137. The van der Waals surface area contributed by atoms with Gasteiger partial charge in [0.25, 0.3) is 0 Å². The first kappa shape index (κ1) is 16.0. The second-order valence-corrected chi connectivity index (χ2v) is 5.56. The van der Waals surface area contributed by atoms with Crippen LogP contribution in [-0.4, -0.2) is 13.1 Å². The molecule has 0 aliphatic carbocycles. The summed E-state index contributed by atoms with van der Waals surface area (Å²) in [5.74, 6) is 0.906. The Morgan fingerprint density at radius 3 is 2.37 bits per heavy atom. The molecule has 1 aromatic rings. The second kappa shape index (κ2) is 6.94. The summed E-state index contributed by atoms with van der Waals surface area (Å²) in [6, 6.07) is 5.60. The summed E-state index contributed by atoms with van der Waals surface area (Å²) in [6.45, 7) is 8.07. The Kier molecular flexibility index (Phi) is 5.85. The molecule has 1 nitrogen and oxygen atoms in total. The van der Waals surface area contributed by atoms with Crippen molar-refractivity contribution in [2.75, 3.05) is 13.1 Å². The molecular formula is C15H22F3N. The van der Waals surface area contributed by atoms with Gasteiger partial charge in [-0.05, 0) is 43.0 Å². The fourth-order valence-electron chi connectivity index (χ4n) is 1.97. The quantitative estimate of drug-likeness (QED) is 0.821. The van der Waals surface area contributed by atoms with E-state index in [2.05, 4.69) is 19.2 Å². The van der Waals surface area contributed by atoms with E-state index in [0.717, 1.165) is 24.7 Å². The smallest absolute Gasteiger partial charge is 0.316 e. The third kappa shape index (κ3) is 6.10. The third-order valence-corrected chi connectivity index (χ3v) is 2.88. The highest BCUT2D eigenvalue weighted by molar-refractivity contribution is 5.25. The van der Waals surface area contributed by atoms with Crippen LogP contribution in [0.3, 0.4) is 0 Å². The summed E-state index contributed by atoms with van der Waals surface area (Å²) < 4.78 is 37.8. The minimum Gasteiger partial charge on any atom is -0.316 e. The Labute approximate surface area is 113 Å². The molecule has 1 aromatic carbocycles. The monoisotopic (exact) mass is 273 g/mol. The third-order valence-electron chi connectivity index (χ3n) is 2.88. The Hall–Kier alpha value is -1.03. The van der Waals surface area contributed by atoms with Gasteiger partial charge in [-0.2, -0.15) is 13.2 Å². The molecule has 0 aromatic heterocycles. The van der Waals surface area contributed by atoms with E-state index in [1.54, 1.807) is 6.07 Å². The van der Waals surface area contributed by atoms with E-state index in [9.17, 15) is 13.2 Å². The van der Waals surface area contributed by atoms with Crippen molar-refractivity contribution >= 4 is 0 Å². The molecular weight excluding hydrogens is 251 g/mol. The van der Waals surface area contributed by atoms with Gasteiger partial charge in [0, 0.05) is 0 Å². The highest BCUT2D eigenvalue weighted by atomic mass is 19.4. The first-order chi connectivity index (χ1) is 8.79. The summed E-state index contributed by atoms with van der Waals surface area (Å²) in [5, 5.41) is 3.33. The number of hydrogen-bond acceptors (Lipinski definition) is 1. The molecule has 0 fully saturated rings. The van der Waals surface area contributed by atoms with E-state index in [-0.39, 0.29) is 0 Å². The maximum Gasteiger partial charge on any atom is 0.416 e. The van der Waals surface area contributed by atoms with Crippen LogP contribution in [0.5, 0.6) is 0 Å². The highest BCUT2D eigenvalue weighted by Crippen LogP contribution is 2.29. The van der Waals surface area contributed by atoms with Gasteiger partial charge in [0.2, 0.25) is 0 Å². The van der Waals surface area contributed by atoms with Crippen molar-refractivity contribution < 1.29 is 13.2 Å². The molecule has 108 valence electrons. The van der Waals surface area contributed by atoms with E-state index in [4.69, 9.17) is 0 Å². The molecule has 1 N–H and O–H groups in total. The highest BCUT2D eigenvalue weighted by Gasteiger charge is 2.30. The van der Waals surface area contributed by atoms with Crippen LogP contribution in [0.1, 0.15) is 31.9 Å². The van der Waals surface area contributed by atoms with Gasteiger partial charge in [0.05, 0.1) is 5.56 Å². The van der Waals surface area contributed by atoms with E-state index in [1.165, 1.54) is 12.1 Å². The summed E-state index contributed by atoms with van der Waals surface area (Å²) in [4.78, 5) is 0. The molecule has 1 atom stereocenters. The van der Waals surface area contributed by atoms with Crippen LogP contribution < -0.4 is 5.32 Å². The van der Waals surface area contributed by atoms with Crippen LogP contribution in [0.4, 0.5) is 13.2 Å². The maximum absolute atomic E-state index is 12.6. The topological polar surface area (TPSA) is 12.0 Å². The van der Waals surface area contributed by atoms with E-state index < -0.39 is 11.7 Å². The van der Waals surface area contributed by atoms with Gasteiger partial charge in [-0.1, -0.05) is 39.0 Å². The second-order valence-electron chi connectivity index (χ2n) is 5.56. The molecule has 1 rings (SSSR count). The van der Waals surface area contributed by atoms with Gasteiger partial charge in [-0.25, -0.2) is 0 Å². The fourth-order valence-corrected chi connectivity index (χ4v) is 1.97. The van der Waals surface area contributed by atoms with Crippen LogP contribution in [0.2, 0.25) is 0 Å². The molecule has 1 unspecified atom stereocenters. The lowest BCUT2D eigenvalue weighted by Crippen LogP contribution is -2.26. The standard InChI is InChI=1S/C15H22F3N/c1-11(2)9-19-10-12(3)7-13-5-4-6-14(8-13)15(16,17)18/h4-6,8,11-12,19H,7,9-10H2,1-3H3. The van der Waals surface area contributed by atoms with Crippen LogP contribution in [0, 0.1) is 11.8 Å². The lowest BCUT2D eigenvalue weighted by atomic mass is 9.99. The maximum atomic E-state index is 12.6. The van der Waals surface area contributed by atoms with Crippen LogP contribution in [0.15, 0.2) is 24.3 Å². The predicted octanol–water partition coefficient (Wildman–Crippen LogP) is 4.13. The van der Waals surface area contributed by atoms with Gasteiger partial charge in [-0.3, -0.25) is 0 Å². The van der Waals surface area contributed by atoms with Crippen molar-refractivity contribution in [1.82, 2.24) is 5.32 Å². The number of halogens is 3. The Morgan fingerprint density at radius 2 is 1.79 bits per heavy atom. The average Bonchev–Trinajstić information content (AvgIpc) is 2.27. The van der Waals surface area contributed by atoms with Crippen molar-refractivity contribution in [3.63, 3.8) is 0 Å². The minimum atomic E-state index is -4.25. The molecule has 19 heavy (non-hydrogen) atoms. The molecule has 0 radical (unpaired) electrons. The van der Waals surface area contributed by atoms with Gasteiger partial charge in [-0.15, -0.1) is 0 Å². The largest absolute Gasteiger partial charge is 0.416 e. The summed E-state index contributed by atoms with van der Waals surface area (Å²) in [7, 11) is 0.